The van der Waals surface area contributed by atoms with Crippen LogP contribution in [0.25, 0.3) is 6.08 Å². The largest absolute Gasteiger partial charge is 0.496 e. The minimum atomic E-state index is -0.635. The molecule has 0 fully saturated rings. The molecule has 0 aliphatic carbocycles. The van der Waals surface area contributed by atoms with Crippen molar-refractivity contribution in [3.05, 3.63) is 109 Å². The van der Waals surface area contributed by atoms with Crippen molar-refractivity contribution in [3.8, 4) is 5.75 Å². The summed E-state index contributed by atoms with van der Waals surface area (Å²) in [6.07, 6.45) is 3.30. The number of thiazole rings is 1. The predicted octanol–water partition coefficient (Wildman–Crippen LogP) is 2.97. The van der Waals surface area contributed by atoms with E-state index in [0.29, 0.717) is 26.4 Å². The Balaban J connectivity index is 1.94. The summed E-state index contributed by atoms with van der Waals surface area (Å²) in [5, 5.41) is 0. The molecule has 0 saturated heterocycles. The van der Waals surface area contributed by atoms with E-state index in [1.165, 1.54) is 17.4 Å². The van der Waals surface area contributed by atoms with Gasteiger partial charge in [-0.05, 0) is 24.6 Å². The molecule has 0 N–H and O–H groups in total. The fourth-order valence-electron chi connectivity index (χ4n) is 3.67. The summed E-state index contributed by atoms with van der Waals surface area (Å²) < 4.78 is 12.8. The Kier molecular flexibility index (Phi) is 6.18. The molecule has 0 amide bonds. The molecule has 0 spiro atoms. The molecule has 7 heteroatoms. The maximum absolute atomic E-state index is 13.5. The van der Waals surface area contributed by atoms with Crippen LogP contribution < -0.4 is 19.6 Å². The summed E-state index contributed by atoms with van der Waals surface area (Å²) in [7, 11) is 1.59. The van der Waals surface area contributed by atoms with Crippen LogP contribution in [0, 0.1) is 0 Å². The minimum absolute atomic E-state index is 0.0787. The number of rotatable bonds is 6. The molecule has 4 rings (SSSR count). The van der Waals surface area contributed by atoms with Crippen molar-refractivity contribution in [1.82, 2.24) is 4.57 Å². The van der Waals surface area contributed by atoms with Gasteiger partial charge in [-0.2, -0.15) is 0 Å². The highest BCUT2D eigenvalue weighted by Gasteiger charge is 2.33. The summed E-state index contributed by atoms with van der Waals surface area (Å²) in [5.74, 6) is 0.154. The molecule has 1 aromatic heterocycles. The van der Waals surface area contributed by atoms with E-state index in [-0.39, 0.29) is 12.2 Å². The van der Waals surface area contributed by atoms with Gasteiger partial charge in [0.15, 0.2) is 4.80 Å². The normalized spacial score (nSPS) is 15.7. The number of carbonyl (C=O) groups is 1. The number of esters is 1. The molecule has 2 aromatic carbocycles. The number of ether oxygens (including phenoxy) is 2. The lowest BCUT2D eigenvalue weighted by Crippen LogP contribution is -2.39. The topological polar surface area (TPSA) is 69.9 Å². The van der Waals surface area contributed by atoms with Gasteiger partial charge in [-0.15, -0.1) is 0 Å². The third-order valence-corrected chi connectivity index (χ3v) is 6.10. The first-order chi connectivity index (χ1) is 15.5. The number of hydrogen-bond acceptors (Lipinski definition) is 6. The molecule has 0 saturated carbocycles. The number of carbonyl (C=O) groups excluding carboxylic acids is 1. The summed E-state index contributed by atoms with van der Waals surface area (Å²) in [4.78, 5) is 31.6. The Morgan fingerprint density at radius 1 is 1.19 bits per heavy atom. The molecule has 1 aliphatic rings. The van der Waals surface area contributed by atoms with Crippen molar-refractivity contribution in [3.63, 3.8) is 0 Å². The zero-order valence-corrected chi connectivity index (χ0v) is 18.6. The molecule has 2 heterocycles. The fraction of sp³-hybridized carbons (Fsp3) is 0.160. The van der Waals surface area contributed by atoms with E-state index in [1.807, 2.05) is 54.6 Å². The van der Waals surface area contributed by atoms with Crippen molar-refractivity contribution in [2.24, 2.45) is 4.99 Å². The Morgan fingerprint density at radius 2 is 1.91 bits per heavy atom. The number of allylic oxidation sites excluding steroid dienone is 1. The van der Waals surface area contributed by atoms with Gasteiger partial charge >= 0.3 is 5.97 Å². The van der Waals surface area contributed by atoms with Crippen LogP contribution in [0.2, 0.25) is 0 Å². The van der Waals surface area contributed by atoms with Crippen LogP contribution in [-0.2, 0) is 9.53 Å². The lowest BCUT2D eigenvalue weighted by atomic mass is 9.96. The van der Waals surface area contributed by atoms with E-state index >= 15 is 0 Å². The van der Waals surface area contributed by atoms with Crippen LogP contribution >= 0.6 is 11.3 Å². The standard InChI is InChI=1S/C25H22N2O4S/c1-4-14-31-24(29)21-16(2)26-25-27(22(21)17-10-6-5-7-11-17)23(28)20(32-25)15-18-12-8-9-13-19(18)30-3/h4-13,15,22H,1,14H2,2-3H3/b20-15-. The maximum atomic E-state index is 13.5. The lowest BCUT2D eigenvalue weighted by molar-refractivity contribution is -0.138. The number of fused-ring (bicyclic) bond motifs is 1. The van der Waals surface area contributed by atoms with Crippen LogP contribution in [0.15, 0.2) is 88.3 Å². The molecule has 32 heavy (non-hydrogen) atoms. The minimum Gasteiger partial charge on any atom is -0.496 e. The number of aromatic nitrogens is 1. The van der Waals surface area contributed by atoms with E-state index < -0.39 is 12.0 Å². The molecule has 0 bridgehead atoms. The Hall–Kier alpha value is -3.71. The Bertz CT molecular complexity index is 1380. The van der Waals surface area contributed by atoms with Crippen LogP contribution in [-0.4, -0.2) is 24.3 Å². The zero-order valence-electron chi connectivity index (χ0n) is 17.8. The summed E-state index contributed by atoms with van der Waals surface area (Å²) in [6.45, 7) is 5.44. The van der Waals surface area contributed by atoms with Crippen LogP contribution in [0.1, 0.15) is 24.1 Å². The van der Waals surface area contributed by atoms with Crippen molar-refractivity contribution < 1.29 is 14.3 Å². The molecular formula is C25H22N2O4S. The number of nitrogens with zero attached hydrogens (tertiary/aromatic N) is 2. The smallest absolute Gasteiger partial charge is 0.338 e. The van der Waals surface area contributed by atoms with Crippen LogP contribution in [0.3, 0.4) is 0 Å². The Morgan fingerprint density at radius 3 is 2.62 bits per heavy atom. The van der Waals surface area contributed by atoms with E-state index in [2.05, 4.69) is 11.6 Å². The van der Waals surface area contributed by atoms with Gasteiger partial charge in [0, 0.05) is 5.56 Å². The summed E-state index contributed by atoms with van der Waals surface area (Å²) >= 11 is 1.28. The van der Waals surface area contributed by atoms with Gasteiger partial charge in [-0.25, -0.2) is 9.79 Å². The van der Waals surface area contributed by atoms with Gasteiger partial charge in [0.25, 0.3) is 5.56 Å². The van der Waals surface area contributed by atoms with Gasteiger partial charge in [0.1, 0.15) is 12.4 Å². The second kappa shape index (κ2) is 9.20. The first kappa shape index (κ1) is 21.5. The third-order valence-electron chi connectivity index (χ3n) is 5.11. The van der Waals surface area contributed by atoms with Crippen molar-refractivity contribution >= 4 is 23.4 Å². The Labute approximate surface area is 189 Å². The lowest BCUT2D eigenvalue weighted by Gasteiger charge is -2.24. The molecule has 1 atom stereocenters. The highest BCUT2D eigenvalue weighted by molar-refractivity contribution is 7.07. The van der Waals surface area contributed by atoms with Gasteiger partial charge in [0.2, 0.25) is 0 Å². The third kappa shape index (κ3) is 3.94. The van der Waals surface area contributed by atoms with Gasteiger partial charge < -0.3 is 9.47 Å². The molecule has 162 valence electrons. The second-order valence-corrected chi connectivity index (χ2v) is 8.13. The molecule has 3 aromatic rings. The van der Waals surface area contributed by atoms with Gasteiger partial charge in [-0.1, -0.05) is 72.5 Å². The highest BCUT2D eigenvalue weighted by atomic mass is 32.1. The average Bonchev–Trinajstić information content (AvgIpc) is 3.11. The number of para-hydroxylation sites is 1. The monoisotopic (exact) mass is 446 g/mol. The predicted molar refractivity (Wildman–Crippen MR) is 124 cm³/mol. The molecule has 1 unspecified atom stereocenters. The number of methoxy groups -OCH3 is 1. The van der Waals surface area contributed by atoms with Crippen molar-refractivity contribution in [2.45, 2.75) is 13.0 Å². The molecular weight excluding hydrogens is 424 g/mol. The van der Waals surface area contributed by atoms with Crippen molar-refractivity contribution in [2.75, 3.05) is 13.7 Å². The molecule has 1 aliphatic heterocycles. The number of benzene rings is 2. The van der Waals surface area contributed by atoms with Crippen LogP contribution in [0.4, 0.5) is 0 Å². The first-order valence-corrected chi connectivity index (χ1v) is 10.9. The van der Waals surface area contributed by atoms with Crippen LogP contribution in [0.5, 0.6) is 5.75 Å². The summed E-state index contributed by atoms with van der Waals surface area (Å²) in [5.41, 5.74) is 2.23. The van der Waals surface area contributed by atoms with Crippen molar-refractivity contribution in [1.29, 1.82) is 0 Å². The molecule has 6 nitrogen and oxygen atoms in total. The van der Waals surface area contributed by atoms with E-state index in [4.69, 9.17) is 9.47 Å². The molecule has 0 radical (unpaired) electrons. The van der Waals surface area contributed by atoms with E-state index in [1.54, 1.807) is 24.7 Å². The maximum Gasteiger partial charge on any atom is 0.338 e. The zero-order chi connectivity index (χ0) is 22.7. The highest BCUT2D eigenvalue weighted by Crippen LogP contribution is 2.30. The SMILES string of the molecule is C=CCOC(=O)C1=C(C)N=c2s/c(=C\c3ccccc3OC)c(=O)n2C1c1ccccc1. The fourth-order valence-corrected chi connectivity index (χ4v) is 4.71. The van der Waals surface area contributed by atoms with Gasteiger partial charge in [0.05, 0.1) is 29.0 Å². The van der Waals surface area contributed by atoms with E-state index in [9.17, 15) is 9.59 Å². The van der Waals surface area contributed by atoms with Gasteiger partial charge in [-0.3, -0.25) is 9.36 Å². The number of hydrogen-bond donors (Lipinski definition) is 0. The average molecular weight is 447 g/mol. The second-order valence-electron chi connectivity index (χ2n) is 7.12. The first-order valence-electron chi connectivity index (χ1n) is 10.0. The van der Waals surface area contributed by atoms with E-state index in [0.717, 1.165) is 11.1 Å². The summed E-state index contributed by atoms with van der Waals surface area (Å²) in [6, 6.07) is 16.3. The quantitative estimate of drug-likeness (QED) is 0.431.